The number of hydrogen-bond acceptors (Lipinski definition) is 2. The van der Waals surface area contributed by atoms with Crippen molar-refractivity contribution in [3.63, 3.8) is 0 Å². The van der Waals surface area contributed by atoms with E-state index < -0.39 is 5.60 Å². The topological polar surface area (TPSA) is 20.2 Å². The van der Waals surface area contributed by atoms with E-state index in [-0.39, 0.29) is 0 Å². The quantitative estimate of drug-likeness (QED) is 0.779. The van der Waals surface area contributed by atoms with E-state index in [2.05, 4.69) is 0 Å². The van der Waals surface area contributed by atoms with Crippen molar-refractivity contribution >= 4 is 22.9 Å². The van der Waals surface area contributed by atoms with E-state index in [1.54, 1.807) is 11.3 Å². The number of aliphatic hydroxyl groups is 1. The van der Waals surface area contributed by atoms with Gasteiger partial charge in [0.25, 0.3) is 0 Å². The molecule has 1 heterocycles. The van der Waals surface area contributed by atoms with E-state index >= 15 is 0 Å². The van der Waals surface area contributed by atoms with Gasteiger partial charge in [-0.15, -0.1) is 11.3 Å². The number of rotatable bonds is 2. The second kappa shape index (κ2) is 5.75. The minimum Gasteiger partial charge on any atom is -0.384 e. The van der Waals surface area contributed by atoms with Crippen molar-refractivity contribution in [3.05, 3.63) is 21.3 Å². The summed E-state index contributed by atoms with van der Waals surface area (Å²) in [5.41, 5.74) is -0.647. The van der Waals surface area contributed by atoms with Crippen molar-refractivity contribution in [3.8, 4) is 0 Å². The maximum atomic E-state index is 11.4. The Hall–Kier alpha value is -0.0500. The Morgan fingerprint density at radius 3 is 2.53 bits per heavy atom. The first kappa shape index (κ1) is 13.9. The molecule has 1 nitrogen and oxygen atoms in total. The van der Waals surface area contributed by atoms with Crippen LogP contribution >= 0.6 is 22.9 Å². The van der Waals surface area contributed by atoms with E-state index in [1.807, 2.05) is 11.4 Å². The van der Waals surface area contributed by atoms with Crippen LogP contribution in [0, 0.1) is 11.8 Å². The highest BCUT2D eigenvalue weighted by molar-refractivity contribution is 7.10. The van der Waals surface area contributed by atoms with Crippen molar-refractivity contribution in [2.45, 2.75) is 63.4 Å². The lowest BCUT2D eigenvalue weighted by Crippen LogP contribution is -2.42. The molecular formula is C16H23ClOS. The van der Waals surface area contributed by atoms with Gasteiger partial charge < -0.3 is 5.11 Å². The molecule has 106 valence electrons. The van der Waals surface area contributed by atoms with Gasteiger partial charge in [0.05, 0.1) is 9.90 Å². The molecule has 2 aliphatic rings. The molecule has 0 aliphatic heterocycles. The highest BCUT2D eigenvalue weighted by Crippen LogP contribution is 2.51. The minimum atomic E-state index is -0.647. The molecule has 0 amide bonds. The number of thiophene rings is 1. The second-order valence-electron chi connectivity index (χ2n) is 6.27. The molecule has 2 fully saturated rings. The third kappa shape index (κ3) is 2.59. The maximum absolute atomic E-state index is 11.4. The van der Waals surface area contributed by atoms with Gasteiger partial charge in [-0.05, 0) is 36.1 Å². The van der Waals surface area contributed by atoms with Gasteiger partial charge in [0, 0.05) is 0 Å². The van der Waals surface area contributed by atoms with Crippen LogP contribution < -0.4 is 0 Å². The molecule has 3 rings (SSSR count). The van der Waals surface area contributed by atoms with Crippen LogP contribution in [-0.4, -0.2) is 5.11 Å². The number of halogens is 1. The average Bonchev–Trinajstić information content (AvgIpc) is 2.87. The number of hydrogen-bond donors (Lipinski definition) is 1. The zero-order valence-electron chi connectivity index (χ0n) is 11.4. The first-order valence-electron chi connectivity index (χ1n) is 7.67. The van der Waals surface area contributed by atoms with Crippen LogP contribution in [0.3, 0.4) is 0 Å². The fourth-order valence-electron chi connectivity index (χ4n) is 4.23. The van der Waals surface area contributed by atoms with Gasteiger partial charge in [0.15, 0.2) is 0 Å². The Kier molecular flexibility index (Phi) is 4.21. The van der Waals surface area contributed by atoms with E-state index in [4.69, 9.17) is 11.6 Å². The standard InChI is InChI=1S/C16H23ClOS/c17-14-9-11-19-15(14)16(18)10-5-4-8-13(16)12-6-2-1-3-7-12/h9,11-13,18H,1-8,10H2. The van der Waals surface area contributed by atoms with Crippen LogP contribution in [0.25, 0.3) is 0 Å². The first-order valence-corrected chi connectivity index (χ1v) is 8.93. The predicted octanol–water partition coefficient (Wildman–Crippen LogP) is 5.36. The summed E-state index contributed by atoms with van der Waals surface area (Å²) >= 11 is 7.96. The first-order chi connectivity index (χ1) is 9.22. The molecule has 2 saturated carbocycles. The van der Waals surface area contributed by atoms with Crippen LogP contribution in [0.1, 0.15) is 62.7 Å². The molecule has 1 aromatic rings. The van der Waals surface area contributed by atoms with E-state index in [9.17, 15) is 5.11 Å². The van der Waals surface area contributed by atoms with Crippen molar-refractivity contribution in [2.75, 3.05) is 0 Å². The highest BCUT2D eigenvalue weighted by atomic mass is 35.5. The second-order valence-corrected chi connectivity index (χ2v) is 7.60. The fraction of sp³-hybridized carbons (Fsp3) is 0.750. The normalized spacial score (nSPS) is 33.5. The summed E-state index contributed by atoms with van der Waals surface area (Å²) in [6.07, 6.45) is 11.1. The van der Waals surface area contributed by atoms with Crippen LogP contribution in [0.4, 0.5) is 0 Å². The lowest BCUT2D eigenvalue weighted by atomic mass is 9.65. The molecule has 0 aromatic carbocycles. The molecule has 0 saturated heterocycles. The Labute approximate surface area is 125 Å². The molecular weight excluding hydrogens is 276 g/mol. The SMILES string of the molecule is OC1(c2sccc2Cl)CCCCC1C1CCCCC1. The van der Waals surface area contributed by atoms with Gasteiger partial charge in [-0.1, -0.05) is 56.5 Å². The molecule has 1 N–H and O–H groups in total. The summed E-state index contributed by atoms with van der Waals surface area (Å²) in [5, 5.41) is 14.1. The lowest BCUT2D eigenvalue weighted by molar-refractivity contribution is -0.0806. The zero-order chi connectivity index (χ0) is 13.3. The van der Waals surface area contributed by atoms with Gasteiger partial charge in [-0.2, -0.15) is 0 Å². The smallest absolute Gasteiger partial charge is 0.103 e. The predicted molar refractivity (Wildman–Crippen MR) is 81.8 cm³/mol. The summed E-state index contributed by atoms with van der Waals surface area (Å²) in [4.78, 5) is 1.03. The Morgan fingerprint density at radius 2 is 1.84 bits per heavy atom. The van der Waals surface area contributed by atoms with Gasteiger partial charge >= 0.3 is 0 Å². The van der Waals surface area contributed by atoms with Gasteiger partial charge in [-0.25, -0.2) is 0 Å². The molecule has 19 heavy (non-hydrogen) atoms. The van der Waals surface area contributed by atoms with Gasteiger partial charge in [-0.3, -0.25) is 0 Å². The third-order valence-electron chi connectivity index (χ3n) is 5.17. The zero-order valence-corrected chi connectivity index (χ0v) is 13.0. The molecule has 3 heteroatoms. The molecule has 0 bridgehead atoms. The van der Waals surface area contributed by atoms with Crippen LogP contribution in [0.5, 0.6) is 0 Å². The third-order valence-corrected chi connectivity index (χ3v) is 6.67. The molecule has 2 unspecified atom stereocenters. The molecule has 2 aliphatic carbocycles. The van der Waals surface area contributed by atoms with Crippen LogP contribution in [0.15, 0.2) is 11.4 Å². The van der Waals surface area contributed by atoms with E-state index in [0.29, 0.717) is 11.8 Å². The lowest BCUT2D eigenvalue weighted by Gasteiger charge is -2.45. The average molecular weight is 299 g/mol. The largest absolute Gasteiger partial charge is 0.384 e. The summed E-state index contributed by atoms with van der Waals surface area (Å²) in [6, 6.07) is 1.94. The van der Waals surface area contributed by atoms with E-state index in [0.717, 1.165) is 22.7 Å². The molecule has 0 radical (unpaired) electrons. The summed E-state index contributed by atoms with van der Waals surface area (Å²) in [7, 11) is 0. The van der Waals surface area contributed by atoms with Gasteiger partial charge in [0.1, 0.15) is 5.60 Å². The summed E-state index contributed by atoms with van der Waals surface area (Å²) < 4.78 is 0. The van der Waals surface area contributed by atoms with Crippen molar-refractivity contribution in [1.82, 2.24) is 0 Å². The van der Waals surface area contributed by atoms with Crippen LogP contribution in [-0.2, 0) is 5.60 Å². The van der Waals surface area contributed by atoms with Crippen molar-refractivity contribution < 1.29 is 5.11 Å². The van der Waals surface area contributed by atoms with E-state index in [1.165, 1.54) is 44.9 Å². The Bertz CT molecular complexity index is 424. The van der Waals surface area contributed by atoms with Crippen molar-refractivity contribution in [2.24, 2.45) is 11.8 Å². The molecule has 2 atom stereocenters. The maximum Gasteiger partial charge on any atom is 0.103 e. The van der Waals surface area contributed by atoms with Crippen molar-refractivity contribution in [1.29, 1.82) is 0 Å². The highest BCUT2D eigenvalue weighted by Gasteiger charge is 2.45. The molecule has 0 spiro atoms. The summed E-state index contributed by atoms with van der Waals surface area (Å²) in [5.74, 6) is 1.13. The fourth-order valence-corrected chi connectivity index (χ4v) is 5.64. The summed E-state index contributed by atoms with van der Waals surface area (Å²) in [6.45, 7) is 0. The molecule has 1 aromatic heterocycles. The Morgan fingerprint density at radius 1 is 1.11 bits per heavy atom. The van der Waals surface area contributed by atoms with Crippen LogP contribution in [0.2, 0.25) is 5.02 Å². The van der Waals surface area contributed by atoms with Gasteiger partial charge in [0.2, 0.25) is 0 Å². The minimum absolute atomic E-state index is 0.428. The monoisotopic (exact) mass is 298 g/mol. The Balaban J connectivity index is 1.89.